The summed E-state index contributed by atoms with van der Waals surface area (Å²) in [5, 5.41) is 2.82. The molecule has 0 saturated carbocycles. The molecule has 3 N–H and O–H groups in total. The van der Waals surface area contributed by atoms with E-state index in [1.807, 2.05) is 32.0 Å². The van der Waals surface area contributed by atoms with E-state index in [9.17, 15) is 4.79 Å². The normalized spacial score (nSPS) is 12.2. The SMILES string of the molecule is Cc1cccc(CNC(=O)CCC(C)N)n1. The maximum Gasteiger partial charge on any atom is 0.220 e. The lowest BCUT2D eigenvalue weighted by atomic mass is 10.2. The molecule has 16 heavy (non-hydrogen) atoms. The summed E-state index contributed by atoms with van der Waals surface area (Å²) in [5.74, 6) is 0.0283. The van der Waals surface area contributed by atoms with Gasteiger partial charge in [-0.15, -0.1) is 0 Å². The number of aromatic nitrogens is 1. The maximum atomic E-state index is 11.4. The Hall–Kier alpha value is -1.42. The minimum Gasteiger partial charge on any atom is -0.350 e. The molecule has 88 valence electrons. The standard InChI is InChI=1S/C12H19N3O/c1-9(13)6-7-12(16)14-8-11-5-3-4-10(2)15-11/h3-5,9H,6-8,13H2,1-2H3,(H,14,16). The van der Waals surface area contributed by atoms with Gasteiger partial charge in [0.25, 0.3) is 0 Å². The highest BCUT2D eigenvalue weighted by Crippen LogP contribution is 1.98. The number of nitrogens with zero attached hydrogens (tertiary/aromatic N) is 1. The van der Waals surface area contributed by atoms with Crippen LogP contribution in [0.25, 0.3) is 0 Å². The van der Waals surface area contributed by atoms with Crippen molar-refractivity contribution >= 4 is 5.91 Å². The molecule has 1 heterocycles. The number of hydrogen-bond acceptors (Lipinski definition) is 3. The van der Waals surface area contributed by atoms with Crippen molar-refractivity contribution in [3.63, 3.8) is 0 Å². The average Bonchev–Trinajstić information content (AvgIpc) is 2.23. The molecule has 0 fully saturated rings. The summed E-state index contributed by atoms with van der Waals surface area (Å²) in [5.41, 5.74) is 7.42. The van der Waals surface area contributed by atoms with E-state index < -0.39 is 0 Å². The molecule has 0 aliphatic rings. The van der Waals surface area contributed by atoms with Crippen molar-refractivity contribution in [2.45, 2.75) is 39.3 Å². The van der Waals surface area contributed by atoms with Gasteiger partial charge in [0, 0.05) is 18.2 Å². The van der Waals surface area contributed by atoms with E-state index in [1.54, 1.807) is 0 Å². The molecule has 0 spiro atoms. The van der Waals surface area contributed by atoms with Crippen molar-refractivity contribution < 1.29 is 4.79 Å². The lowest BCUT2D eigenvalue weighted by Gasteiger charge is -2.06. The first-order valence-electron chi connectivity index (χ1n) is 5.52. The van der Waals surface area contributed by atoms with Crippen LogP contribution in [-0.2, 0) is 11.3 Å². The van der Waals surface area contributed by atoms with Crippen molar-refractivity contribution in [3.8, 4) is 0 Å². The fourth-order valence-electron chi connectivity index (χ4n) is 1.33. The highest BCUT2D eigenvalue weighted by Gasteiger charge is 2.03. The topological polar surface area (TPSA) is 68.0 Å². The zero-order valence-corrected chi connectivity index (χ0v) is 9.86. The van der Waals surface area contributed by atoms with Crippen LogP contribution in [0.1, 0.15) is 31.2 Å². The van der Waals surface area contributed by atoms with Crippen molar-refractivity contribution in [2.24, 2.45) is 5.73 Å². The molecule has 0 radical (unpaired) electrons. The minimum atomic E-state index is 0.0283. The molecular formula is C12H19N3O. The second-order valence-electron chi connectivity index (χ2n) is 4.06. The molecule has 0 aliphatic carbocycles. The number of nitrogens with one attached hydrogen (secondary N) is 1. The Kier molecular flexibility index (Phi) is 4.92. The van der Waals surface area contributed by atoms with Crippen molar-refractivity contribution in [3.05, 3.63) is 29.6 Å². The quantitative estimate of drug-likeness (QED) is 0.783. The third-order valence-corrected chi connectivity index (χ3v) is 2.24. The molecule has 1 rings (SSSR count). The second kappa shape index (κ2) is 6.23. The summed E-state index contributed by atoms with van der Waals surface area (Å²) < 4.78 is 0. The fourth-order valence-corrected chi connectivity index (χ4v) is 1.33. The van der Waals surface area contributed by atoms with Crippen LogP contribution >= 0.6 is 0 Å². The van der Waals surface area contributed by atoms with Crippen LogP contribution in [-0.4, -0.2) is 16.9 Å². The fraction of sp³-hybridized carbons (Fsp3) is 0.500. The summed E-state index contributed by atoms with van der Waals surface area (Å²) >= 11 is 0. The first-order valence-corrected chi connectivity index (χ1v) is 5.52. The third-order valence-electron chi connectivity index (χ3n) is 2.24. The van der Waals surface area contributed by atoms with Gasteiger partial charge in [0.15, 0.2) is 0 Å². The lowest BCUT2D eigenvalue weighted by molar-refractivity contribution is -0.121. The number of amides is 1. The minimum absolute atomic E-state index is 0.0283. The van der Waals surface area contributed by atoms with Crippen LogP contribution in [0.5, 0.6) is 0 Å². The van der Waals surface area contributed by atoms with Crippen molar-refractivity contribution in [2.75, 3.05) is 0 Å². The Bertz CT molecular complexity index is 350. The lowest BCUT2D eigenvalue weighted by Crippen LogP contribution is -2.25. The van der Waals surface area contributed by atoms with E-state index in [2.05, 4.69) is 10.3 Å². The van der Waals surface area contributed by atoms with Gasteiger partial charge >= 0.3 is 0 Å². The summed E-state index contributed by atoms with van der Waals surface area (Å²) in [4.78, 5) is 15.7. The zero-order chi connectivity index (χ0) is 12.0. The predicted octanol–water partition coefficient (Wildman–Crippen LogP) is 1.13. The van der Waals surface area contributed by atoms with Crippen LogP contribution in [0, 0.1) is 6.92 Å². The molecule has 1 unspecified atom stereocenters. The molecule has 0 bridgehead atoms. The van der Waals surface area contributed by atoms with E-state index in [1.165, 1.54) is 0 Å². The molecule has 4 heteroatoms. The van der Waals surface area contributed by atoms with Gasteiger partial charge in [0.1, 0.15) is 0 Å². The third kappa shape index (κ3) is 4.89. The van der Waals surface area contributed by atoms with Gasteiger partial charge in [-0.1, -0.05) is 6.07 Å². The molecule has 1 aromatic heterocycles. The van der Waals surface area contributed by atoms with Gasteiger partial charge in [0.2, 0.25) is 5.91 Å². The maximum absolute atomic E-state index is 11.4. The highest BCUT2D eigenvalue weighted by atomic mass is 16.1. The average molecular weight is 221 g/mol. The van der Waals surface area contributed by atoms with E-state index in [4.69, 9.17) is 5.73 Å². The van der Waals surface area contributed by atoms with Crippen LogP contribution in [0.2, 0.25) is 0 Å². The Morgan fingerprint density at radius 1 is 1.56 bits per heavy atom. The number of aryl methyl sites for hydroxylation is 1. The first kappa shape index (κ1) is 12.6. The Morgan fingerprint density at radius 3 is 2.94 bits per heavy atom. The van der Waals surface area contributed by atoms with Gasteiger partial charge in [-0.25, -0.2) is 0 Å². The number of carbonyl (C=O) groups excluding carboxylic acids is 1. The summed E-state index contributed by atoms with van der Waals surface area (Å²) in [7, 11) is 0. The van der Waals surface area contributed by atoms with Gasteiger partial charge in [-0.2, -0.15) is 0 Å². The Balaban J connectivity index is 2.31. The zero-order valence-electron chi connectivity index (χ0n) is 9.86. The number of carbonyl (C=O) groups is 1. The number of rotatable bonds is 5. The highest BCUT2D eigenvalue weighted by molar-refractivity contribution is 5.75. The van der Waals surface area contributed by atoms with Crippen LogP contribution in [0.15, 0.2) is 18.2 Å². The molecule has 0 aliphatic heterocycles. The van der Waals surface area contributed by atoms with E-state index >= 15 is 0 Å². The molecule has 4 nitrogen and oxygen atoms in total. The Labute approximate surface area is 96.3 Å². The molecule has 1 atom stereocenters. The molecule has 0 aromatic carbocycles. The summed E-state index contributed by atoms with van der Waals surface area (Å²) in [6, 6.07) is 5.84. The van der Waals surface area contributed by atoms with Crippen LogP contribution < -0.4 is 11.1 Å². The predicted molar refractivity (Wildman–Crippen MR) is 63.7 cm³/mol. The molecule has 1 amide bonds. The number of pyridine rings is 1. The van der Waals surface area contributed by atoms with Gasteiger partial charge in [-0.3, -0.25) is 9.78 Å². The number of hydrogen-bond donors (Lipinski definition) is 2. The smallest absolute Gasteiger partial charge is 0.220 e. The van der Waals surface area contributed by atoms with Crippen molar-refractivity contribution in [1.29, 1.82) is 0 Å². The first-order chi connectivity index (χ1) is 7.58. The van der Waals surface area contributed by atoms with Gasteiger partial charge < -0.3 is 11.1 Å². The largest absolute Gasteiger partial charge is 0.350 e. The number of nitrogens with two attached hydrogens (primary N) is 1. The molecule has 1 aromatic rings. The van der Waals surface area contributed by atoms with Gasteiger partial charge in [-0.05, 0) is 32.4 Å². The van der Waals surface area contributed by atoms with Crippen LogP contribution in [0.4, 0.5) is 0 Å². The van der Waals surface area contributed by atoms with E-state index in [-0.39, 0.29) is 11.9 Å². The Morgan fingerprint density at radius 2 is 2.31 bits per heavy atom. The second-order valence-corrected chi connectivity index (χ2v) is 4.06. The molecule has 0 saturated heterocycles. The monoisotopic (exact) mass is 221 g/mol. The summed E-state index contributed by atoms with van der Waals surface area (Å²) in [6.07, 6.45) is 1.19. The summed E-state index contributed by atoms with van der Waals surface area (Å²) in [6.45, 7) is 4.32. The van der Waals surface area contributed by atoms with Gasteiger partial charge in [0.05, 0.1) is 12.2 Å². The molecular weight excluding hydrogens is 202 g/mol. The van der Waals surface area contributed by atoms with E-state index in [0.717, 1.165) is 11.4 Å². The van der Waals surface area contributed by atoms with Crippen LogP contribution in [0.3, 0.4) is 0 Å². The van der Waals surface area contributed by atoms with Crippen molar-refractivity contribution in [1.82, 2.24) is 10.3 Å². The van der Waals surface area contributed by atoms with E-state index in [0.29, 0.717) is 19.4 Å².